The van der Waals surface area contributed by atoms with Gasteiger partial charge in [-0.05, 0) is 37.5 Å². The van der Waals surface area contributed by atoms with Gasteiger partial charge in [0.1, 0.15) is 0 Å². The highest BCUT2D eigenvalue weighted by Gasteiger charge is 2.21. The van der Waals surface area contributed by atoms with E-state index in [1.807, 2.05) is 0 Å². The monoisotopic (exact) mass is 898 g/mol. The van der Waals surface area contributed by atoms with E-state index in [9.17, 15) is 0 Å². The fourth-order valence-electron chi connectivity index (χ4n) is 11.0. The Kier molecular flexibility index (Phi) is 59.1. The first-order valence-electron chi connectivity index (χ1n) is 31.6. The van der Waals surface area contributed by atoms with Crippen LogP contribution in [0.2, 0.25) is 0 Å². The van der Waals surface area contributed by atoms with E-state index in [4.69, 9.17) is 0 Å². The zero-order chi connectivity index (χ0) is 46.2. The molecule has 0 aliphatic carbocycles. The summed E-state index contributed by atoms with van der Waals surface area (Å²) in [6.07, 6.45) is 85.7. The van der Waals surface area contributed by atoms with Crippen LogP contribution in [0.3, 0.4) is 0 Å². The SMILES string of the molecule is CCCCCCCCCCCCCCCCCC(CCCCCCCCCCCCC)[C](CCCCCCCCCCCCCCCC)CCCCCCCCCCCCCCCC. The first kappa shape index (κ1) is 64.0. The van der Waals surface area contributed by atoms with Crippen molar-refractivity contribution in [2.75, 3.05) is 0 Å². The molecule has 0 rings (SSSR count). The molecule has 0 spiro atoms. The summed E-state index contributed by atoms with van der Waals surface area (Å²) in [5.74, 6) is 2.99. The summed E-state index contributed by atoms with van der Waals surface area (Å²) >= 11 is 0. The quantitative estimate of drug-likeness (QED) is 0.0534. The van der Waals surface area contributed by atoms with Gasteiger partial charge >= 0.3 is 0 Å². The molecule has 0 N–H and O–H groups in total. The molecule has 0 heteroatoms. The molecule has 0 aliphatic heterocycles. The highest BCUT2D eigenvalue weighted by Crippen LogP contribution is 2.35. The van der Waals surface area contributed by atoms with E-state index in [0.29, 0.717) is 0 Å². The molecule has 0 nitrogen and oxygen atoms in total. The van der Waals surface area contributed by atoms with E-state index in [0.717, 1.165) is 5.92 Å². The lowest BCUT2D eigenvalue weighted by Gasteiger charge is -2.28. The lowest BCUT2D eigenvalue weighted by atomic mass is 9.78. The predicted molar refractivity (Wildman–Crippen MR) is 297 cm³/mol. The van der Waals surface area contributed by atoms with Crippen LogP contribution in [0, 0.1) is 11.8 Å². The van der Waals surface area contributed by atoms with Crippen LogP contribution < -0.4 is 0 Å². The van der Waals surface area contributed by atoms with Crippen LogP contribution in [0.25, 0.3) is 0 Å². The van der Waals surface area contributed by atoms with Gasteiger partial charge in [0.2, 0.25) is 0 Å². The van der Waals surface area contributed by atoms with Crippen LogP contribution in [0.4, 0.5) is 0 Å². The van der Waals surface area contributed by atoms with E-state index in [-0.39, 0.29) is 0 Å². The van der Waals surface area contributed by atoms with Crippen molar-refractivity contribution in [3.63, 3.8) is 0 Å². The Labute approximate surface area is 410 Å². The summed E-state index contributed by atoms with van der Waals surface area (Å²) < 4.78 is 0. The summed E-state index contributed by atoms with van der Waals surface area (Å²) in [6, 6.07) is 0. The van der Waals surface area contributed by atoms with Gasteiger partial charge in [-0.2, -0.15) is 0 Å². The Morgan fingerprint density at radius 2 is 0.312 bits per heavy atom. The van der Waals surface area contributed by atoms with Crippen LogP contribution >= 0.6 is 0 Å². The molecule has 0 aromatic heterocycles. The molecule has 1 radical (unpaired) electrons. The van der Waals surface area contributed by atoms with E-state index in [2.05, 4.69) is 33.6 Å². The van der Waals surface area contributed by atoms with Crippen molar-refractivity contribution in [3.05, 3.63) is 5.92 Å². The molecule has 0 fully saturated rings. The third kappa shape index (κ3) is 53.0. The van der Waals surface area contributed by atoms with Crippen molar-refractivity contribution in [2.45, 2.75) is 400 Å². The fourth-order valence-corrected chi connectivity index (χ4v) is 11.0. The van der Waals surface area contributed by atoms with Crippen molar-refractivity contribution in [2.24, 2.45) is 5.92 Å². The Morgan fingerprint density at radius 3 is 0.484 bits per heavy atom. The molecule has 0 saturated carbocycles. The molecule has 0 aromatic carbocycles. The van der Waals surface area contributed by atoms with Gasteiger partial charge in [-0.15, -0.1) is 0 Å². The average Bonchev–Trinajstić information content (AvgIpc) is 3.30. The molecule has 64 heavy (non-hydrogen) atoms. The summed E-state index contributed by atoms with van der Waals surface area (Å²) in [7, 11) is 0. The normalized spacial score (nSPS) is 12.3. The Bertz CT molecular complexity index is 736. The van der Waals surface area contributed by atoms with Crippen LogP contribution in [-0.4, -0.2) is 0 Å². The van der Waals surface area contributed by atoms with E-state index < -0.39 is 0 Å². The van der Waals surface area contributed by atoms with Crippen molar-refractivity contribution >= 4 is 0 Å². The van der Waals surface area contributed by atoms with Gasteiger partial charge in [0, 0.05) is 0 Å². The van der Waals surface area contributed by atoms with Crippen molar-refractivity contribution < 1.29 is 0 Å². The second kappa shape index (κ2) is 59.1. The maximum absolute atomic E-state index is 2.34. The third-order valence-corrected chi connectivity index (χ3v) is 15.6. The topological polar surface area (TPSA) is 0 Å². The Balaban J connectivity index is 4.85. The molecule has 0 bridgehead atoms. The zero-order valence-electron chi connectivity index (χ0n) is 46.1. The van der Waals surface area contributed by atoms with E-state index >= 15 is 0 Å². The van der Waals surface area contributed by atoms with Gasteiger partial charge in [-0.1, -0.05) is 374 Å². The van der Waals surface area contributed by atoms with Gasteiger partial charge in [0.25, 0.3) is 0 Å². The lowest BCUT2D eigenvalue weighted by Crippen LogP contribution is -2.14. The van der Waals surface area contributed by atoms with Gasteiger partial charge in [-0.3, -0.25) is 0 Å². The first-order chi connectivity index (χ1) is 31.8. The largest absolute Gasteiger partial charge is 0.0654 e. The van der Waals surface area contributed by atoms with E-state index in [1.165, 1.54) is 372 Å². The number of hydrogen-bond acceptors (Lipinski definition) is 0. The minimum Gasteiger partial charge on any atom is -0.0654 e. The lowest BCUT2D eigenvalue weighted by molar-refractivity contribution is 0.370. The van der Waals surface area contributed by atoms with Gasteiger partial charge in [0.05, 0.1) is 0 Å². The van der Waals surface area contributed by atoms with Crippen LogP contribution in [-0.2, 0) is 0 Å². The molecule has 0 aromatic rings. The molecule has 0 amide bonds. The Morgan fingerprint density at radius 1 is 0.172 bits per heavy atom. The van der Waals surface area contributed by atoms with Gasteiger partial charge < -0.3 is 0 Å². The van der Waals surface area contributed by atoms with Crippen molar-refractivity contribution in [1.82, 2.24) is 0 Å². The summed E-state index contributed by atoms with van der Waals surface area (Å²) in [5, 5.41) is 0. The number of unbranched alkanes of at least 4 members (excludes halogenated alkanes) is 50. The molecule has 1 unspecified atom stereocenters. The van der Waals surface area contributed by atoms with Crippen LogP contribution in [0.5, 0.6) is 0 Å². The third-order valence-electron chi connectivity index (χ3n) is 15.6. The second-order valence-electron chi connectivity index (χ2n) is 22.1. The molecule has 385 valence electrons. The van der Waals surface area contributed by atoms with Gasteiger partial charge in [0.15, 0.2) is 0 Å². The van der Waals surface area contributed by atoms with E-state index in [1.54, 1.807) is 0 Å². The minimum absolute atomic E-state index is 0.935. The molecule has 0 saturated heterocycles. The molecule has 1 atom stereocenters. The number of rotatable bonds is 59. The predicted octanol–water partition coefficient (Wildman–Crippen LogP) is 24.9. The highest BCUT2D eigenvalue weighted by molar-refractivity contribution is 4.96. The summed E-state index contributed by atoms with van der Waals surface area (Å²) in [4.78, 5) is 0. The van der Waals surface area contributed by atoms with Crippen LogP contribution in [0.1, 0.15) is 400 Å². The first-order valence-corrected chi connectivity index (χ1v) is 31.6. The van der Waals surface area contributed by atoms with Crippen molar-refractivity contribution in [1.29, 1.82) is 0 Å². The van der Waals surface area contributed by atoms with Crippen LogP contribution in [0.15, 0.2) is 0 Å². The average molecular weight is 899 g/mol. The maximum Gasteiger partial charge on any atom is -0.0210 e. The highest BCUT2D eigenvalue weighted by atomic mass is 14.3. The molecular weight excluding hydrogens is 769 g/mol. The fraction of sp³-hybridized carbons (Fsp3) is 0.984. The Hall–Kier alpha value is 0. The second-order valence-corrected chi connectivity index (χ2v) is 22.1. The zero-order valence-corrected chi connectivity index (χ0v) is 46.1. The summed E-state index contributed by atoms with van der Waals surface area (Å²) in [5.41, 5.74) is 0. The molecule has 0 aliphatic rings. The molecule has 0 heterocycles. The van der Waals surface area contributed by atoms with Gasteiger partial charge in [-0.25, -0.2) is 0 Å². The molecular formula is C64H129. The minimum atomic E-state index is 0.935. The smallest absolute Gasteiger partial charge is 0.0210 e. The number of hydrogen-bond donors (Lipinski definition) is 0. The summed E-state index contributed by atoms with van der Waals surface area (Å²) in [6.45, 7) is 9.33. The van der Waals surface area contributed by atoms with Crippen molar-refractivity contribution in [3.8, 4) is 0 Å². The maximum atomic E-state index is 2.34. The standard InChI is InChI=1S/C64H129/c1-5-9-13-17-21-25-29-32-35-38-42-46-50-54-58-60-63(59-55-51-47-43-39-28-24-20-16-12-8-4)64(61-56-52-48-44-40-36-33-30-26-22-18-14-10-6-2)62-57-53-49-45-41-37-34-31-27-23-19-15-11-7-3/h63H,5-62H2,1-4H3.